The van der Waals surface area contributed by atoms with Crippen LogP contribution in [0, 0.1) is 0 Å². The first kappa shape index (κ1) is 18.4. The Labute approximate surface area is 134 Å². The van der Waals surface area contributed by atoms with Crippen molar-refractivity contribution in [2.75, 3.05) is 28.3 Å². The second-order valence-corrected chi connectivity index (χ2v) is 5.43. The molecule has 0 spiro atoms. The van der Waals surface area contributed by atoms with Crippen LogP contribution >= 0.6 is 0 Å². The lowest BCUT2D eigenvalue weighted by Crippen LogP contribution is -2.51. The standard InChI is InChI=1S/C15H15F6NO2/c1-22(2)13(15(19,20)21)7-8(14(16,17)18)11-9(23-3)5-6-10(24-4)12(11)13/h5-7H,1-4H3. The molecule has 2 rings (SSSR count). The molecule has 0 aliphatic heterocycles. The number of benzene rings is 1. The summed E-state index contributed by atoms with van der Waals surface area (Å²) < 4.78 is 91.9. The molecule has 0 N–H and O–H groups in total. The SMILES string of the molecule is COc1ccc(OC)c2c1C(C(F)(F)F)=CC2(N(C)C)C(F)(F)F. The lowest BCUT2D eigenvalue weighted by Gasteiger charge is -2.38. The predicted octanol–water partition coefficient (Wildman–Crippen LogP) is 3.98. The minimum absolute atomic E-state index is 0.183. The highest BCUT2D eigenvalue weighted by molar-refractivity contribution is 5.85. The largest absolute Gasteiger partial charge is 0.496 e. The van der Waals surface area contributed by atoms with Crippen molar-refractivity contribution in [3.63, 3.8) is 0 Å². The molecule has 0 aromatic heterocycles. The summed E-state index contributed by atoms with van der Waals surface area (Å²) in [5.41, 5.74) is -5.67. The fourth-order valence-electron chi connectivity index (χ4n) is 2.96. The monoisotopic (exact) mass is 355 g/mol. The summed E-state index contributed by atoms with van der Waals surface area (Å²) in [6.07, 6.45) is -9.82. The van der Waals surface area contributed by atoms with Gasteiger partial charge in [0.25, 0.3) is 0 Å². The fraction of sp³-hybridized carbons (Fsp3) is 0.467. The number of hydrogen-bond donors (Lipinski definition) is 0. The summed E-state index contributed by atoms with van der Waals surface area (Å²) in [6.45, 7) is 0. The molecule has 0 amide bonds. The van der Waals surface area contributed by atoms with E-state index in [0.29, 0.717) is 4.90 Å². The van der Waals surface area contributed by atoms with Gasteiger partial charge in [0.05, 0.1) is 19.8 Å². The molecule has 1 unspecified atom stereocenters. The third-order valence-corrected chi connectivity index (χ3v) is 4.02. The van der Waals surface area contributed by atoms with E-state index in [0.717, 1.165) is 40.4 Å². The van der Waals surface area contributed by atoms with Gasteiger partial charge in [-0.2, -0.15) is 26.3 Å². The average molecular weight is 355 g/mol. The van der Waals surface area contributed by atoms with Crippen molar-refractivity contribution >= 4 is 5.57 Å². The van der Waals surface area contributed by atoms with E-state index in [1.165, 1.54) is 0 Å². The quantitative estimate of drug-likeness (QED) is 0.766. The Morgan fingerprint density at radius 3 is 1.79 bits per heavy atom. The van der Waals surface area contributed by atoms with E-state index in [-0.39, 0.29) is 17.6 Å². The number of likely N-dealkylation sites (N-methyl/N-ethyl adjacent to an activating group) is 1. The summed E-state index contributed by atoms with van der Waals surface area (Å²) in [6, 6.07) is 2.31. The number of alkyl halides is 6. The van der Waals surface area contributed by atoms with Gasteiger partial charge in [-0.05, 0) is 32.3 Å². The van der Waals surface area contributed by atoms with Crippen molar-refractivity contribution in [2.45, 2.75) is 17.9 Å². The summed E-state index contributed by atoms with van der Waals surface area (Å²) in [5, 5.41) is 0. The number of hydrogen-bond acceptors (Lipinski definition) is 3. The molecular formula is C15H15F6NO2. The van der Waals surface area contributed by atoms with E-state index in [4.69, 9.17) is 9.47 Å². The second-order valence-electron chi connectivity index (χ2n) is 5.43. The third kappa shape index (κ3) is 2.42. The molecule has 0 bridgehead atoms. The Balaban J connectivity index is 3.02. The highest BCUT2D eigenvalue weighted by Crippen LogP contribution is 2.59. The van der Waals surface area contributed by atoms with Crippen LogP contribution in [0.4, 0.5) is 26.3 Å². The van der Waals surface area contributed by atoms with Crippen molar-refractivity contribution in [3.05, 3.63) is 29.3 Å². The highest BCUT2D eigenvalue weighted by atomic mass is 19.4. The van der Waals surface area contributed by atoms with Crippen molar-refractivity contribution in [1.29, 1.82) is 0 Å². The van der Waals surface area contributed by atoms with E-state index >= 15 is 0 Å². The first-order chi connectivity index (χ1) is 10.9. The predicted molar refractivity (Wildman–Crippen MR) is 75.0 cm³/mol. The maximum atomic E-state index is 13.9. The average Bonchev–Trinajstić information content (AvgIpc) is 2.83. The molecule has 1 atom stereocenters. The summed E-state index contributed by atoms with van der Waals surface area (Å²) in [4.78, 5) is 0.687. The van der Waals surface area contributed by atoms with Crippen LogP contribution in [-0.2, 0) is 5.54 Å². The Morgan fingerprint density at radius 1 is 0.917 bits per heavy atom. The molecule has 1 aliphatic rings. The Hall–Kier alpha value is -1.90. The molecular weight excluding hydrogens is 340 g/mol. The van der Waals surface area contributed by atoms with Gasteiger partial charge in [-0.15, -0.1) is 0 Å². The van der Waals surface area contributed by atoms with Crippen LogP contribution in [0.3, 0.4) is 0 Å². The molecule has 9 heteroatoms. The van der Waals surface area contributed by atoms with Crippen LogP contribution < -0.4 is 9.47 Å². The van der Waals surface area contributed by atoms with Gasteiger partial charge in [-0.25, -0.2) is 0 Å². The maximum absolute atomic E-state index is 13.9. The molecule has 0 saturated heterocycles. The number of nitrogens with zero attached hydrogens (tertiary/aromatic N) is 1. The Morgan fingerprint density at radius 2 is 1.42 bits per heavy atom. The first-order valence-electron chi connectivity index (χ1n) is 6.71. The molecule has 3 nitrogen and oxygen atoms in total. The summed E-state index contributed by atoms with van der Waals surface area (Å²) >= 11 is 0. The molecule has 1 aliphatic carbocycles. The Kier molecular flexibility index (Phi) is 4.28. The van der Waals surface area contributed by atoms with Crippen molar-refractivity contribution in [1.82, 2.24) is 4.90 Å². The van der Waals surface area contributed by atoms with Crippen LogP contribution in [0.25, 0.3) is 5.57 Å². The second kappa shape index (κ2) is 5.58. The molecule has 0 radical (unpaired) electrons. The van der Waals surface area contributed by atoms with Gasteiger partial charge in [0.1, 0.15) is 11.5 Å². The van der Waals surface area contributed by atoms with E-state index in [9.17, 15) is 26.3 Å². The summed E-state index contributed by atoms with van der Waals surface area (Å²) in [7, 11) is 4.32. The van der Waals surface area contributed by atoms with E-state index in [1.807, 2.05) is 0 Å². The van der Waals surface area contributed by atoms with Gasteiger partial charge in [-0.1, -0.05) is 0 Å². The van der Waals surface area contributed by atoms with E-state index < -0.39 is 34.6 Å². The molecule has 1 aromatic carbocycles. The molecule has 134 valence electrons. The van der Waals surface area contributed by atoms with Gasteiger partial charge >= 0.3 is 12.4 Å². The molecule has 0 fully saturated rings. The van der Waals surface area contributed by atoms with E-state index in [1.54, 1.807) is 0 Å². The third-order valence-electron chi connectivity index (χ3n) is 4.02. The number of ether oxygens (including phenoxy) is 2. The van der Waals surface area contributed by atoms with Crippen molar-refractivity contribution in [2.24, 2.45) is 0 Å². The van der Waals surface area contributed by atoms with Gasteiger partial charge < -0.3 is 9.47 Å². The zero-order valence-corrected chi connectivity index (χ0v) is 13.3. The number of fused-ring (bicyclic) bond motifs is 1. The zero-order chi connectivity index (χ0) is 18.5. The van der Waals surface area contributed by atoms with Crippen LogP contribution in [0.15, 0.2) is 18.2 Å². The smallest absolute Gasteiger partial charge is 0.416 e. The normalized spacial score (nSPS) is 20.9. The van der Waals surface area contributed by atoms with Crippen LogP contribution in [-0.4, -0.2) is 45.6 Å². The number of halogens is 6. The topological polar surface area (TPSA) is 21.7 Å². The van der Waals surface area contributed by atoms with Gasteiger partial charge in [-0.3, -0.25) is 4.90 Å². The van der Waals surface area contributed by atoms with Crippen LogP contribution in [0.1, 0.15) is 11.1 Å². The zero-order valence-electron chi connectivity index (χ0n) is 13.3. The molecule has 0 saturated carbocycles. The lowest BCUT2D eigenvalue weighted by atomic mass is 9.88. The number of rotatable bonds is 3. The van der Waals surface area contributed by atoms with Gasteiger partial charge in [0.2, 0.25) is 0 Å². The van der Waals surface area contributed by atoms with Gasteiger partial charge in [0, 0.05) is 11.1 Å². The number of allylic oxidation sites excluding steroid dienone is 1. The van der Waals surface area contributed by atoms with E-state index in [2.05, 4.69) is 0 Å². The number of methoxy groups -OCH3 is 2. The van der Waals surface area contributed by atoms with Gasteiger partial charge in [0.15, 0.2) is 5.54 Å². The van der Waals surface area contributed by atoms with Crippen molar-refractivity contribution < 1.29 is 35.8 Å². The minimum atomic E-state index is -5.02. The lowest BCUT2D eigenvalue weighted by molar-refractivity contribution is -0.211. The van der Waals surface area contributed by atoms with Crippen molar-refractivity contribution in [3.8, 4) is 11.5 Å². The molecule has 0 heterocycles. The minimum Gasteiger partial charge on any atom is -0.496 e. The maximum Gasteiger partial charge on any atom is 0.416 e. The molecule has 24 heavy (non-hydrogen) atoms. The Bertz CT molecular complexity index is 678. The molecule has 1 aromatic rings. The first-order valence-corrected chi connectivity index (χ1v) is 6.71. The fourth-order valence-corrected chi connectivity index (χ4v) is 2.96. The van der Waals surface area contributed by atoms with Crippen LogP contribution in [0.2, 0.25) is 0 Å². The van der Waals surface area contributed by atoms with Crippen LogP contribution in [0.5, 0.6) is 11.5 Å². The summed E-state index contributed by atoms with van der Waals surface area (Å²) in [5.74, 6) is -0.602. The highest BCUT2D eigenvalue weighted by Gasteiger charge is 2.64.